The number of nitrogens with one attached hydrogen (secondary N) is 2. The highest BCUT2D eigenvalue weighted by Gasteiger charge is 2.13. The van der Waals surface area contributed by atoms with Crippen molar-refractivity contribution in [3.8, 4) is 5.75 Å². The second-order valence-electron chi connectivity index (χ2n) is 6.63. The first-order chi connectivity index (χ1) is 13.5. The Bertz CT molecular complexity index is 909. The quantitative estimate of drug-likeness (QED) is 0.652. The average Bonchev–Trinajstić information content (AvgIpc) is 2.68. The predicted octanol–water partition coefficient (Wildman–Crippen LogP) is 2.22. The number of nitrogens with zero attached hydrogens (tertiary/aromatic N) is 5. The molecule has 9 nitrogen and oxygen atoms in total. The minimum Gasteiger partial charge on any atom is -0.493 e. The molecule has 28 heavy (non-hydrogen) atoms. The van der Waals surface area contributed by atoms with Gasteiger partial charge in [-0.15, -0.1) is 0 Å². The van der Waals surface area contributed by atoms with Gasteiger partial charge in [-0.1, -0.05) is 0 Å². The van der Waals surface area contributed by atoms with Crippen LogP contribution in [0.15, 0.2) is 34.6 Å². The highest BCUT2D eigenvalue weighted by Crippen LogP contribution is 2.29. The Morgan fingerprint density at radius 3 is 2.86 bits per heavy atom. The van der Waals surface area contributed by atoms with Crippen LogP contribution < -0.4 is 21.1 Å². The molecule has 0 aromatic carbocycles. The monoisotopic (exact) mass is 382 g/mol. The second kappa shape index (κ2) is 8.66. The van der Waals surface area contributed by atoms with E-state index in [9.17, 15) is 0 Å². The van der Waals surface area contributed by atoms with Gasteiger partial charge in [-0.25, -0.2) is 9.97 Å². The second-order valence-corrected chi connectivity index (χ2v) is 6.63. The van der Waals surface area contributed by atoms with Gasteiger partial charge in [-0.3, -0.25) is 4.99 Å². The van der Waals surface area contributed by atoms with Gasteiger partial charge in [0.05, 0.1) is 13.3 Å². The van der Waals surface area contributed by atoms with Gasteiger partial charge < -0.3 is 26.0 Å². The van der Waals surface area contributed by atoms with Crippen LogP contribution in [0, 0.1) is 6.92 Å². The van der Waals surface area contributed by atoms with E-state index in [1.165, 1.54) is 0 Å². The predicted molar refractivity (Wildman–Crippen MR) is 112 cm³/mol. The first-order valence-electron chi connectivity index (χ1n) is 9.03. The number of nitrogens with two attached hydrogens (primary N) is 1. The van der Waals surface area contributed by atoms with Crippen LogP contribution in [0.1, 0.15) is 12.1 Å². The number of likely N-dealkylation sites (N-methyl/N-ethyl adjacent to an activating group) is 1. The van der Waals surface area contributed by atoms with E-state index in [0.717, 1.165) is 42.3 Å². The van der Waals surface area contributed by atoms with Crippen molar-refractivity contribution < 1.29 is 4.74 Å². The van der Waals surface area contributed by atoms with Crippen LogP contribution in [0.25, 0.3) is 0 Å². The fourth-order valence-electron chi connectivity index (χ4n) is 2.84. The normalized spacial score (nSPS) is 15.1. The molecule has 0 saturated carbocycles. The number of aromatic nitrogens is 3. The Morgan fingerprint density at radius 2 is 2.11 bits per heavy atom. The first-order valence-corrected chi connectivity index (χ1v) is 9.03. The zero-order chi connectivity index (χ0) is 20.1. The number of ether oxygens (including phenoxy) is 1. The van der Waals surface area contributed by atoms with E-state index < -0.39 is 0 Å². The summed E-state index contributed by atoms with van der Waals surface area (Å²) in [6.07, 6.45) is 4.26. The molecule has 0 spiro atoms. The highest BCUT2D eigenvalue weighted by molar-refractivity contribution is 5.83. The van der Waals surface area contributed by atoms with Gasteiger partial charge in [0.25, 0.3) is 0 Å². The average molecular weight is 382 g/mol. The van der Waals surface area contributed by atoms with Crippen molar-refractivity contribution in [3.05, 3.63) is 35.3 Å². The number of aliphatic imine (C=N–C) groups is 1. The van der Waals surface area contributed by atoms with Crippen molar-refractivity contribution >= 4 is 29.5 Å². The third-order valence-electron chi connectivity index (χ3n) is 4.39. The maximum Gasteiger partial charge on any atom is 0.230 e. The highest BCUT2D eigenvalue weighted by atomic mass is 16.5. The molecule has 0 radical (unpaired) electrons. The Kier molecular flexibility index (Phi) is 6.05. The Balaban J connectivity index is 1.86. The topological polar surface area (TPSA) is 114 Å². The summed E-state index contributed by atoms with van der Waals surface area (Å²) in [6, 6.07) is 3.66. The smallest absolute Gasteiger partial charge is 0.230 e. The molecule has 2 aromatic rings. The van der Waals surface area contributed by atoms with Gasteiger partial charge >= 0.3 is 0 Å². The molecule has 2 aromatic heterocycles. The third kappa shape index (κ3) is 4.74. The van der Waals surface area contributed by atoms with Crippen molar-refractivity contribution in [2.75, 3.05) is 44.9 Å². The first kappa shape index (κ1) is 19.6. The molecule has 0 fully saturated rings. The fourth-order valence-corrected chi connectivity index (χ4v) is 2.84. The van der Waals surface area contributed by atoms with E-state index in [-0.39, 0.29) is 0 Å². The fraction of sp³-hybridized carbons (Fsp3) is 0.368. The molecular weight excluding hydrogens is 356 g/mol. The van der Waals surface area contributed by atoms with Gasteiger partial charge in [0.2, 0.25) is 5.95 Å². The van der Waals surface area contributed by atoms with Crippen LogP contribution in [0.5, 0.6) is 5.75 Å². The van der Waals surface area contributed by atoms with Crippen LogP contribution in [-0.2, 0) is 0 Å². The number of aryl methyl sites for hydroxylation is 1. The number of hydrogen-bond donors (Lipinski definition) is 3. The molecule has 9 heteroatoms. The molecule has 4 N–H and O–H groups in total. The number of pyridine rings is 1. The van der Waals surface area contributed by atoms with E-state index in [1.807, 2.05) is 20.0 Å². The Labute approximate surface area is 164 Å². The lowest BCUT2D eigenvalue weighted by molar-refractivity contribution is 0.353. The molecule has 0 aliphatic carbocycles. The van der Waals surface area contributed by atoms with Crippen LogP contribution in [-0.4, -0.2) is 60.4 Å². The summed E-state index contributed by atoms with van der Waals surface area (Å²) in [5.41, 5.74) is 9.52. The summed E-state index contributed by atoms with van der Waals surface area (Å²) >= 11 is 0. The van der Waals surface area contributed by atoms with Crippen molar-refractivity contribution in [3.63, 3.8) is 0 Å². The van der Waals surface area contributed by atoms with E-state index >= 15 is 0 Å². The van der Waals surface area contributed by atoms with Gasteiger partial charge in [-0.05, 0) is 14.0 Å². The summed E-state index contributed by atoms with van der Waals surface area (Å²) in [5.74, 6) is 2.33. The van der Waals surface area contributed by atoms with Crippen LogP contribution in [0.3, 0.4) is 0 Å². The van der Waals surface area contributed by atoms with Gasteiger partial charge in [0.1, 0.15) is 17.3 Å². The van der Waals surface area contributed by atoms with Crippen molar-refractivity contribution in [2.24, 2.45) is 10.7 Å². The van der Waals surface area contributed by atoms with E-state index in [4.69, 9.17) is 10.5 Å². The lowest BCUT2D eigenvalue weighted by Gasteiger charge is -2.23. The van der Waals surface area contributed by atoms with Gasteiger partial charge in [-0.2, -0.15) is 4.98 Å². The SMILES string of the molecule is CNc1cc(C)nc(Nc2cc(N=CC3=C(N)CCN(C)C3)c(OC)cn2)n1. The van der Waals surface area contributed by atoms with Crippen molar-refractivity contribution in [2.45, 2.75) is 13.3 Å². The Morgan fingerprint density at radius 1 is 1.29 bits per heavy atom. The standard InChI is InChI=1S/C19H26N8O/c1-12-7-17(21-2)25-19(24-12)26-18-8-15(16(28-4)10-23-18)22-9-13-11-27(3)6-5-14(13)20/h7-10H,5-6,11,20H2,1-4H3,(H2,21,23,24,25,26). The van der Waals surface area contributed by atoms with E-state index in [1.54, 1.807) is 25.6 Å². The number of rotatable bonds is 6. The molecule has 1 aliphatic rings. The van der Waals surface area contributed by atoms with Crippen LogP contribution in [0.4, 0.5) is 23.3 Å². The summed E-state index contributed by atoms with van der Waals surface area (Å²) in [7, 11) is 5.47. The lowest BCUT2D eigenvalue weighted by atomic mass is 10.1. The molecule has 0 saturated heterocycles. The van der Waals surface area contributed by atoms with Gasteiger partial charge in [0.15, 0.2) is 5.75 Å². The minimum absolute atomic E-state index is 0.456. The van der Waals surface area contributed by atoms with Crippen molar-refractivity contribution in [1.82, 2.24) is 19.9 Å². The van der Waals surface area contributed by atoms with Gasteiger partial charge in [0, 0.05) is 61.9 Å². The molecule has 0 atom stereocenters. The molecule has 0 unspecified atom stereocenters. The molecule has 3 rings (SSSR count). The van der Waals surface area contributed by atoms with Crippen LogP contribution in [0.2, 0.25) is 0 Å². The van der Waals surface area contributed by atoms with Crippen LogP contribution >= 0.6 is 0 Å². The number of methoxy groups -OCH3 is 1. The molecule has 3 heterocycles. The van der Waals surface area contributed by atoms with E-state index in [0.29, 0.717) is 23.2 Å². The molecule has 148 valence electrons. The summed E-state index contributed by atoms with van der Waals surface area (Å²) in [4.78, 5) is 19.9. The number of anilines is 3. The zero-order valence-electron chi connectivity index (χ0n) is 16.7. The van der Waals surface area contributed by atoms with Crippen molar-refractivity contribution in [1.29, 1.82) is 0 Å². The molecule has 0 amide bonds. The summed E-state index contributed by atoms with van der Waals surface area (Å²) in [5, 5.41) is 6.13. The molecule has 1 aliphatic heterocycles. The zero-order valence-corrected chi connectivity index (χ0v) is 16.7. The largest absolute Gasteiger partial charge is 0.493 e. The maximum atomic E-state index is 6.13. The summed E-state index contributed by atoms with van der Waals surface area (Å²) < 4.78 is 5.39. The maximum absolute atomic E-state index is 6.13. The molecule has 0 bridgehead atoms. The lowest BCUT2D eigenvalue weighted by Crippen LogP contribution is -2.30. The van der Waals surface area contributed by atoms with E-state index in [2.05, 4.69) is 42.5 Å². The summed E-state index contributed by atoms with van der Waals surface area (Å²) in [6.45, 7) is 3.64. The Hall–Kier alpha value is -3.20. The number of hydrogen-bond acceptors (Lipinski definition) is 9. The minimum atomic E-state index is 0.456. The molecular formula is C19H26N8O. The third-order valence-corrected chi connectivity index (χ3v) is 4.39.